The summed E-state index contributed by atoms with van der Waals surface area (Å²) < 4.78 is 5.09. The van der Waals surface area contributed by atoms with Gasteiger partial charge in [-0.05, 0) is 35.9 Å². The summed E-state index contributed by atoms with van der Waals surface area (Å²) in [5.41, 5.74) is 7.29. The van der Waals surface area contributed by atoms with Crippen LogP contribution in [0.5, 0.6) is 5.75 Å². The van der Waals surface area contributed by atoms with Crippen molar-refractivity contribution < 1.29 is 9.53 Å². The summed E-state index contributed by atoms with van der Waals surface area (Å²) in [5, 5.41) is 4.21. The summed E-state index contributed by atoms with van der Waals surface area (Å²) in [4.78, 5) is 11.1. The Morgan fingerprint density at radius 2 is 1.95 bits per heavy atom. The first kappa shape index (κ1) is 15.5. The molecule has 0 aliphatic heterocycles. The van der Waals surface area contributed by atoms with Crippen molar-refractivity contribution >= 4 is 34.8 Å². The molecule has 0 heterocycles. The van der Waals surface area contributed by atoms with Crippen LogP contribution in [-0.2, 0) is 6.54 Å². The van der Waals surface area contributed by atoms with Crippen LogP contribution in [-0.4, -0.2) is 13.0 Å². The van der Waals surface area contributed by atoms with E-state index in [1.165, 1.54) is 0 Å². The summed E-state index contributed by atoms with van der Waals surface area (Å²) in [5.74, 6) is 0.115. The monoisotopic (exact) mass is 324 g/mol. The maximum Gasteiger partial charge on any atom is 0.248 e. The van der Waals surface area contributed by atoms with Crippen molar-refractivity contribution in [3.05, 3.63) is 57.6 Å². The highest BCUT2D eigenvalue weighted by molar-refractivity contribution is 6.32. The van der Waals surface area contributed by atoms with Gasteiger partial charge in [0.1, 0.15) is 5.75 Å². The number of amides is 1. The Kier molecular flexibility index (Phi) is 4.94. The average Bonchev–Trinajstić information content (AvgIpc) is 2.46. The standard InChI is InChI=1S/C15H14Cl2N2O2/c1-21-14-5-4-11(7-13(14)17)19-8-10-3-2-9(15(18)20)6-12(10)16/h2-7,19H,8H2,1H3,(H2,18,20). The van der Waals surface area contributed by atoms with E-state index in [2.05, 4.69) is 5.32 Å². The molecule has 4 nitrogen and oxygen atoms in total. The minimum atomic E-state index is -0.502. The third kappa shape index (κ3) is 3.80. The highest BCUT2D eigenvalue weighted by Crippen LogP contribution is 2.28. The number of nitrogens with two attached hydrogens (primary N) is 1. The highest BCUT2D eigenvalue weighted by atomic mass is 35.5. The predicted octanol–water partition coefficient (Wildman–Crippen LogP) is 3.71. The van der Waals surface area contributed by atoms with Crippen LogP contribution in [0.15, 0.2) is 36.4 Å². The highest BCUT2D eigenvalue weighted by Gasteiger charge is 2.06. The lowest BCUT2D eigenvalue weighted by atomic mass is 10.1. The molecule has 2 aromatic rings. The molecular weight excluding hydrogens is 311 g/mol. The molecule has 0 saturated heterocycles. The van der Waals surface area contributed by atoms with E-state index < -0.39 is 5.91 Å². The van der Waals surface area contributed by atoms with Crippen molar-refractivity contribution in [3.63, 3.8) is 0 Å². The number of hydrogen-bond donors (Lipinski definition) is 2. The quantitative estimate of drug-likeness (QED) is 0.881. The molecule has 0 spiro atoms. The second-order valence-electron chi connectivity index (χ2n) is 4.37. The maximum absolute atomic E-state index is 11.1. The first-order valence-corrected chi connectivity index (χ1v) is 6.92. The molecule has 0 aromatic heterocycles. The van der Waals surface area contributed by atoms with Crippen molar-refractivity contribution in [2.24, 2.45) is 5.73 Å². The van der Waals surface area contributed by atoms with Gasteiger partial charge in [0.05, 0.1) is 12.1 Å². The normalized spacial score (nSPS) is 10.2. The molecule has 0 saturated carbocycles. The Labute approximate surface area is 132 Å². The van der Waals surface area contributed by atoms with Gasteiger partial charge in [0, 0.05) is 22.8 Å². The van der Waals surface area contributed by atoms with Crippen LogP contribution in [0.25, 0.3) is 0 Å². The number of anilines is 1. The number of carbonyl (C=O) groups is 1. The van der Waals surface area contributed by atoms with E-state index >= 15 is 0 Å². The van der Waals surface area contributed by atoms with Gasteiger partial charge in [-0.25, -0.2) is 0 Å². The first-order chi connectivity index (χ1) is 10.0. The molecule has 2 rings (SSSR count). The Morgan fingerprint density at radius 1 is 1.19 bits per heavy atom. The Hall–Kier alpha value is -1.91. The minimum Gasteiger partial charge on any atom is -0.495 e. The first-order valence-electron chi connectivity index (χ1n) is 6.17. The molecule has 110 valence electrons. The summed E-state index contributed by atoms with van der Waals surface area (Å²) in [6, 6.07) is 10.4. The summed E-state index contributed by atoms with van der Waals surface area (Å²) in [7, 11) is 1.56. The van der Waals surface area contributed by atoms with Crippen LogP contribution in [0.4, 0.5) is 5.69 Å². The lowest BCUT2D eigenvalue weighted by molar-refractivity contribution is 0.100. The SMILES string of the molecule is COc1ccc(NCc2ccc(C(N)=O)cc2Cl)cc1Cl. The number of rotatable bonds is 5. The van der Waals surface area contributed by atoms with Crippen LogP contribution < -0.4 is 15.8 Å². The van der Waals surface area contributed by atoms with Gasteiger partial charge in [-0.15, -0.1) is 0 Å². The van der Waals surface area contributed by atoms with E-state index in [0.29, 0.717) is 27.9 Å². The molecule has 0 fully saturated rings. The molecule has 1 amide bonds. The van der Waals surface area contributed by atoms with Crippen molar-refractivity contribution in [2.75, 3.05) is 12.4 Å². The van der Waals surface area contributed by atoms with Gasteiger partial charge < -0.3 is 15.8 Å². The second kappa shape index (κ2) is 6.70. The zero-order valence-electron chi connectivity index (χ0n) is 11.3. The zero-order chi connectivity index (χ0) is 15.4. The number of benzene rings is 2. The predicted molar refractivity (Wildman–Crippen MR) is 85.3 cm³/mol. The number of ether oxygens (including phenoxy) is 1. The fourth-order valence-electron chi connectivity index (χ4n) is 1.82. The minimum absolute atomic E-state index is 0.385. The van der Waals surface area contributed by atoms with Gasteiger partial charge in [-0.1, -0.05) is 29.3 Å². The molecule has 0 unspecified atom stereocenters. The van der Waals surface area contributed by atoms with Crippen molar-refractivity contribution in [2.45, 2.75) is 6.54 Å². The van der Waals surface area contributed by atoms with Crippen LogP contribution in [0.3, 0.4) is 0 Å². The number of nitrogens with one attached hydrogen (secondary N) is 1. The zero-order valence-corrected chi connectivity index (χ0v) is 12.8. The topological polar surface area (TPSA) is 64.3 Å². The molecule has 21 heavy (non-hydrogen) atoms. The molecule has 6 heteroatoms. The summed E-state index contributed by atoms with van der Waals surface area (Å²) >= 11 is 12.2. The van der Waals surface area contributed by atoms with Crippen molar-refractivity contribution in [3.8, 4) is 5.75 Å². The molecule has 0 aliphatic carbocycles. The van der Waals surface area contributed by atoms with E-state index in [0.717, 1.165) is 11.3 Å². The van der Waals surface area contributed by atoms with Gasteiger partial charge >= 0.3 is 0 Å². The smallest absolute Gasteiger partial charge is 0.248 e. The number of halogens is 2. The lowest BCUT2D eigenvalue weighted by Gasteiger charge is -2.10. The molecule has 0 bridgehead atoms. The van der Waals surface area contributed by atoms with Crippen LogP contribution in [0.2, 0.25) is 10.0 Å². The Morgan fingerprint density at radius 3 is 2.52 bits per heavy atom. The third-order valence-corrected chi connectivity index (χ3v) is 3.62. The average molecular weight is 325 g/mol. The maximum atomic E-state index is 11.1. The molecule has 3 N–H and O–H groups in total. The lowest BCUT2D eigenvalue weighted by Crippen LogP contribution is -2.11. The molecule has 0 atom stereocenters. The largest absolute Gasteiger partial charge is 0.495 e. The molecule has 0 aliphatic rings. The summed E-state index contributed by atoms with van der Waals surface area (Å²) in [6.45, 7) is 0.501. The van der Waals surface area contributed by atoms with Crippen LogP contribution in [0.1, 0.15) is 15.9 Å². The van der Waals surface area contributed by atoms with Crippen molar-refractivity contribution in [1.82, 2.24) is 0 Å². The summed E-state index contributed by atoms with van der Waals surface area (Å²) in [6.07, 6.45) is 0. The van der Waals surface area contributed by atoms with Crippen LogP contribution >= 0.6 is 23.2 Å². The molecular formula is C15H14Cl2N2O2. The third-order valence-electron chi connectivity index (χ3n) is 2.97. The van der Waals surface area contributed by atoms with Gasteiger partial charge in [0.2, 0.25) is 5.91 Å². The van der Waals surface area contributed by atoms with E-state index in [-0.39, 0.29) is 0 Å². The molecule has 0 radical (unpaired) electrons. The van der Waals surface area contributed by atoms with Gasteiger partial charge in [0.25, 0.3) is 0 Å². The molecule has 2 aromatic carbocycles. The van der Waals surface area contributed by atoms with Gasteiger partial charge in [-0.2, -0.15) is 0 Å². The van der Waals surface area contributed by atoms with Crippen LogP contribution in [0, 0.1) is 0 Å². The fourth-order valence-corrected chi connectivity index (χ4v) is 2.32. The van der Waals surface area contributed by atoms with E-state index in [4.69, 9.17) is 33.7 Å². The number of hydrogen-bond acceptors (Lipinski definition) is 3. The Balaban J connectivity index is 2.09. The van der Waals surface area contributed by atoms with Gasteiger partial charge in [-0.3, -0.25) is 4.79 Å². The Bertz CT molecular complexity index is 675. The van der Waals surface area contributed by atoms with Gasteiger partial charge in [0.15, 0.2) is 0 Å². The second-order valence-corrected chi connectivity index (χ2v) is 5.19. The number of methoxy groups -OCH3 is 1. The van der Waals surface area contributed by atoms with Crippen molar-refractivity contribution in [1.29, 1.82) is 0 Å². The number of primary amides is 1. The number of carbonyl (C=O) groups excluding carboxylic acids is 1. The van der Waals surface area contributed by atoms with E-state index in [9.17, 15) is 4.79 Å². The van der Waals surface area contributed by atoms with E-state index in [1.807, 2.05) is 6.07 Å². The van der Waals surface area contributed by atoms with E-state index in [1.54, 1.807) is 37.4 Å². The fraction of sp³-hybridized carbons (Fsp3) is 0.133.